The minimum absolute atomic E-state index is 0.00305. The van der Waals surface area contributed by atoms with Crippen molar-refractivity contribution in [2.75, 3.05) is 11.9 Å². The van der Waals surface area contributed by atoms with E-state index in [2.05, 4.69) is 5.32 Å². The van der Waals surface area contributed by atoms with Crippen molar-refractivity contribution in [2.45, 2.75) is 13.5 Å². The number of non-ortho nitro benzene ring substituents is 1. The van der Waals surface area contributed by atoms with Crippen LogP contribution in [0, 0.1) is 10.1 Å². The van der Waals surface area contributed by atoms with Gasteiger partial charge >= 0.3 is 0 Å². The van der Waals surface area contributed by atoms with E-state index in [-0.39, 0.29) is 17.8 Å². The summed E-state index contributed by atoms with van der Waals surface area (Å²) in [4.78, 5) is 35.5. The Balaban J connectivity index is 1.76. The Kier molecular flexibility index (Phi) is 6.03. The molecule has 0 radical (unpaired) electrons. The first kappa shape index (κ1) is 19.8. The van der Waals surface area contributed by atoms with Gasteiger partial charge in [-0.25, -0.2) is 0 Å². The number of carbonyl (C=O) groups is 1. The summed E-state index contributed by atoms with van der Waals surface area (Å²) < 4.78 is 6.74. The van der Waals surface area contributed by atoms with Crippen LogP contribution in [0.3, 0.4) is 0 Å². The van der Waals surface area contributed by atoms with E-state index < -0.39 is 16.4 Å². The van der Waals surface area contributed by atoms with Gasteiger partial charge in [0.1, 0.15) is 11.3 Å². The smallest absolute Gasteiger partial charge is 0.269 e. The molecule has 0 saturated carbocycles. The Morgan fingerprint density at radius 2 is 1.79 bits per heavy atom. The van der Waals surface area contributed by atoms with Crippen LogP contribution in [0.2, 0.25) is 0 Å². The lowest BCUT2D eigenvalue weighted by atomic mass is 10.2. The number of nitro groups is 1. The lowest BCUT2D eigenvalue weighted by Gasteiger charge is -2.10. The van der Waals surface area contributed by atoms with Crippen molar-refractivity contribution in [1.82, 2.24) is 4.57 Å². The van der Waals surface area contributed by atoms with Crippen LogP contribution in [0.15, 0.2) is 71.7 Å². The standard InChI is InChI=1S/C21H19N3O5/c1-2-29-18-11-7-16(8-12-18)22-20(25)19-4-3-13-23(21(19)26)14-15-5-9-17(10-6-15)24(27)28/h3-13H,2,14H2,1H3,(H,22,25). The second-order valence-corrected chi connectivity index (χ2v) is 6.19. The van der Waals surface area contributed by atoms with Crippen LogP contribution in [0.1, 0.15) is 22.8 Å². The topological polar surface area (TPSA) is 103 Å². The summed E-state index contributed by atoms with van der Waals surface area (Å²) in [5.74, 6) is 0.174. The van der Waals surface area contributed by atoms with Crippen LogP contribution in [0.5, 0.6) is 5.75 Å². The highest BCUT2D eigenvalue weighted by Gasteiger charge is 2.13. The molecule has 8 heteroatoms. The monoisotopic (exact) mass is 393 g/mol. The molecular weight excluding hydrogens is 374 g/mol. The van der Waals surface area contributed by atoms with E-state index in [0.29, 0.717) is 23.6 Å². The van der Waals surface area contributed by atoms with Gasteiger partial charge in [-0.15, -0.1) is 0 Å². The third-order valence-corrected chi connectivity index (χ3v) is 4.19. The lowest BCUT2D eigenvalue weighted by molar-refractivity contribution is -0.384. The number of nitro benzene ring substituents is 1. The van der Waals surface area contributed by atoms with Gasteiger partial charge in [0.15, 0.2) is 0 Å². The van der Waals surface area contributed by atoms with Crippen molar-refractivity contribution in [3.05, 3.63) is 98.5 Å². The maximum absolute atomic E-state index is 12.7. The predicted molar refractivity (Wildman–Crippen MR) is 108 cm³/mol. The van der Waals surface area contributed by atoms with Crippen molar-refractivity contribution in [2.24, 2.45) is 0 Å². The van der Waals surface area contributed by atoms with Gasteiger partial charge in [-0.05, 0) is 48.9 Å². The van der Waals surface area contributed by atoms with Crippen molar-refractivity contribution >= 4 is 17.3 Å². The normalized spacial score (nSPS) is 10.4. The van der Waals surface area contributed by atoms with Crippen LogP contribution >= 0.6 is 0 Å². The largest absolute Gasteiger partial charge is 0.494 e. The molecule has 1 N–H and O–H groups in total. The fourth-order valence-corrected chi connectivity index (χ4v) is 2.75. The van der Waals surface area contributed by atoms with Crippen molar-refractivity contribution < 1.29 is 14.5 Å². The number of nitrogens with zero attached hydrogens (tertiary/aromatic N) is 2. The van der Waals surface area contributed by atoms with Crippen molar-refractivity contribution in [3.63, 3.8) is 0 Å². The first-order valence-electron chi connectivity index (χ1n) is 8.95. The number of nitrogens with one attached hydrogen (secondary N) is 1. The number of pyridine rings is 1. The molecule has 3 rings (SSSR count). The second kappa shape index (κ2) is 8.83. The zero-order valence-corrected chi connectivity index (χ0v) is 15.7. The molecule has 0 aliphatic rings. The van der Waals surface area contributed by atoms with Crippen LogP contribution in [0.4, 0.5) is 11.4 Å². The Morgan fingerprint density at radius 3 is 2.41 bits per heavy atom. The summed E-state index contributed by atoms with van der Waals surface area (Å²) in [6, 6.07) is 15.8. The average Bonchev–Trinajstić information content (AvgIpc) is 2.71. The summed E-state index contributed by atoms with van der Waals surface area (Å²) in [5.41, 5.74) is 0.785. The van der Waals surface area contributed by atoms with E-state index in [0.717, 1.165) is 0 Å². The Bertz CT molecular complexity index is 1070. The fourth-order valence-electron chi connectivity index (χ4n) is 2.75. The van der Waals surface area contributed by atoms with Gasteiger partial charge in [-0.3, -0.25) is 19.7 Å². The van der Waals surface area contributed by atoms with E-state index >= 15 is 0 Å². The summed E-state index contributed by atoms with van der Waals surface area (Å²) >= 11 is 0. The van der Waals surface area contributed by atoms with Gasteiger partial charge in [0.25, 0.3) is 17.2 Å². The quantitative estimate of drug-likeness (QED) is 0.489. The molecule has 0 aliphatic heterocycles. The number of hydrogen-bond donors (Lipinski definition) is 1. The number of aromatic nitrogens is 1. The van der Waals surface area contributed by atoms with Crippen molar-refractivity contribution in [3.8, 4) is 5.75 Å². The van der Waals surface area contributed by atoms with Crippen LogP contribution in [0.25, 0.3) is 0 Å². The molecule has 0 fully saturated rings. The van der Waals surface area contributed by atoms with E-state index in [1.54, 1.807) is 48.7 Å². The van der Waals surface area contributed by atoms with Gasteiger partial charge in [-0.1, -0.05) is 12.1 Å². The second-order valence-electron chi connectivity index (χ2n) is 6.19. The average molecular weight is 393 g/mol. The maximum atomic E-state index is 12.7. The van der Waals surface area contributed by atoms with Gasteiger partial charge in [-0.2, -0.15) is 0 Å². The van der Waals surface area contributed by atoms with Crippen LogP contribution in [-0.4, -0.2) is 22.0 Å². The fraction of sp³-hybridized carbons (Fsp3) is 0.143. The summed E-state index contributed by atoms with van der Waals surface area (Å²) in [6.07, 6.45) is 1.57. The number of carbonyl (C=O) groups excluding carboxylic acids is 1. The SMILES string of the molecule is CCOc1ccc(NC(=O)c2cccn(Cc3ccc([N+](=O)[O-])cc3)c2=O)cc1. The zero-order valence-electron chi connectivity index (χ0n) is 15.7. The Hall–Kier alpha value is -3.94. The van der Waals surface area contributed by atoms with Crippen molar-refractivity contribution in [1.29, 1.82) is 0 Å². The molecule has 0 bridgehead atoms. The predicted octanol–water partition coefficient (Wildman–Crippen LogP) is 3.46. The number of ether oxygens (including phenoxy) is 1. The molecule has 0 spiro atoms. The van der Waals surface area contributed by atoms with Crippen LogP contribution < -0.4 is 15.6 Å². The Morgan fingerprint density at radius 1 is 1.10 bits per heavy atom. The molecule has 8 nitrogen and oxygen atoms in total. The number of anilines is 1. The molecule has 0 unspecified atom stereocenters. The Labute approximate surface area is 166 Å². The molecule has 0 aliphatic carbocycles. The van der Waals surface area contributed by atoms with E-state index in [9.17, 15) is 19.7 Å². The molecule has 2 aromatic carbocycles. The maximum Gasteiger partial charge on any atom is 0.269 e. The number of rotatable bonds is 7. The molecule has 1 heterocycles. The molecule has 1 amide bonds. The zero-order chi connectivity index (χ0) is 20.8. The first-order valence-corrected chi connectivity index (χ1v) is 8.95. The summed E-state index contributed by atoms with van der Waals surface area (Å²) in [5, 5.41) is 13.4. The molecular formula is C21H19N3O5. The molecule has 1 aromatic heterocycles. The first-order chi connectivity index (χ1) is 14.0. The van der Waals surface area contributed by atoms with E-state index in [4.69, 9.17) is 4.74 Å². The van der Waals surface area contributed by atoms with Gasteiger partial charge in [0.2, 0.25) is 0 Å². The molecule has 0 saturated heterocycles. The third kappa shape index (κ3) is 4.86. The summed E-state index contributed by atoms with van der Waals surface area (Å²) in [7, 11) is 0. The molecule has 29 heavy (non-hydrogen) atoms. The molecule has 148 valence electrons. The van der Waals surface area contributed by atoms with Gasteiger partial charge < -0.3 is 14.6 Å². The van der Waals surface area contributed by atoms with Crippen LogP contribution in [-0.2, 0) is 6.54 Å². The third-order valence-electron chi connectivity index (χ3n) is 4.19. The van der Waals surface area contributed by atoms with E-state index in [1.165, 1.54) is 22.8 Å². The van der Waals surface area contributed by atoms with Gasteiger partial charge in [0, 0.05) is 24.0 Å². The minimum Gasteiger partial charge on any atom is -0.494 e. The number of amides is 1. The minimum atomic E-state index is -0.516. The lowest BCUT2D eigenvalue weighted by Crippen LogP contribution is -2.29. The highest BCUT2D eigenvalue weighted by molar-refractivity contribution is 6.04. The molecule has 0 atom stereocenters. The number of hydrogen-bond acceptors (Lipinski definition) is 5. The van der Waals surface area contributed by atoms with E-state index in [1.807, 2.05) is 6.92 Å². The number of benzene rings is 2. The highest BCUT2D eigenvalue weighted by atomic mass is 16.6. The highest BCUT2D eigenvalue weighted by Crippen LogP contribution is 2.16. The summed E-state index contributed by atoms with van der Waals surface area (Å²) in [6.45, 7) is 2.62. The molecule has 3 aromatic rings. The van der Waals surface area contributed by atoms with Gasteiger partial charge in [0.05, 0.1) is 18.1 Å².